The minimum absolute atomic E-state index is 0.203. The number of nitrogens with zero attached hydrogens (tertiary/aromatic N) is 1. The van der Waals surface area contributed by atoms with Gasteiger partial charge in [-0.15, -0.1) is 0 Å². The highest BCUT2D eigenvalue weighted by Crippen LogP contribution is 2.32. The summed E-state index contributed by atoms with van der Waals surface area (Å²) in [5, 5.41) is 13.4. The van der Waals surface area contributed by atoms with Gasteiger partial charge in [0.2, 0.25) is 0 Å². The van der Waals surface area contributed by atoms with Gasteiger partial charge in [-0.2, -0.15) is 0 Å². The number of nitrogens with two attached hydrogens (primary N) is 1. The van der Waals surface area contributed by atoms with Crippen molar-refractivity contribution in [3.05, 3.63) is 0 Å². The van der Waals surface area contributed by atoms with Gasteiger partial charge in [0.1, 0.15) is 0 Å². The van der Waals surface area contributed by atoms with E-state index in [2.05, 4.69) is 17.1 Å². The van der Waals surface area contributed by atoms with Crippen molar-refractivity contribution >= 4 is 6.03 Å². The number of amides is 2. The van der Waals surface area contributed by atoms with E-state index >= 15 is 0 Å². The number of carbonyl (C=O) groups is 1. The van der Waals surface area contributed by atoms with E-state index in [4.69, 9.17) is 5.73 Å². The summed E-state index contributed by atoms with van der Waals surface area (Å²) in [7, 11) is 0. The third kappa shape index (κ3) is 4.35. The third-order valence-corrected chi connectivity index (χ3v) is 4.66. The first-order valence-corrected chi connectivity index (χ1v) is 7.47. The number of aliphatic hydroxyl groups is 1. The monoisotopic (exact) mass is 269 g/mol. The van der Waals surface area contributed by atoms with Gasteiger partial charge in [-0.05, 0) is 44.4 Å². The zero-order valence-electron chi connectivity index (χ0n) is 11.9. The number of urea groups is 1. The van der Waals surface area contributed by atoms with Gasteiger partial charge in [0.05, 0.1) is 5.60 Å². The molecule has 0 atom stereocenters. The summed E-state index contributed by atoms with van der Waals surface area (Å²) < 4.78 is 0. The van der Waals surface area contributed by atoms with Crippen LogP contribution in [0.15, 0.2) is 0 Å². The second kappa shape index (κ2) is 6.09. The lowest BCUT2D eigenvalue weighted by atomic mass is 9.79. The molecule has 0 spiro atoms. The summed E-state index contributed by atoms with van der Waals surface area (Å²) in [5.74, 6) is 0.755. The van der Waals surface area contributed by atoms with Gasteiger partial charge in [-0.3, -0.25) is 0 Å². The van der Waals surface area contributed by atoms with Crippen LogP contribution in [0.25, 0.3) is 0 Å². The van der Waals surface area contributed by atoms with Gasteiger partial charge in [-0.1, -0.05) is 6.92 Å². The molecule has 2 rings (SSSR count). The van der Waals surface area contributed by atoms with Crippen molar-refractivity contribution in [1.29, 1.82) is 0 Å². The highest BCUT2D eigenvalue weighted by Gasteiger charge is 2.34. The van der Waals surface area contributed by atoms with Crippen LogP contribution in [0.4, 0.5) is 4.79 Å². The Morgan fingerprint density at radius 3 is 2.42 bits per heavy atom. The van der Waals surface area contributed by atoms with Crippen molar-refractivity contribution in [3.8, 4) is 0 Å². The van der Waals surface area contributed by atoms with Crippen LogP contribution in [0.1, 0.15) is 45.4 Å². The lowest BCUT2D eigenvalue weighted by Crippen LogP contribution is -2.51. The lowest BCUT2D eigenvalue weighted by molar-refractivity contribution is -0.0394. The maximum absolute atomic E-state index is 10.8. The number of nitrogens with one attached hydrogen (secondary N) is 1. The fourth-order valence-electron chi connectivity index (χ4n) is 3.31. The number of carbonyl (C=O) groups excluding carboxylic acids is 1. The molecular formula is C14H27N3O2. The third-order valence-electron chi connectivity index (χ3n) is 4.66. The van der Waals surface area contributed by atoms with Gasteiger partial charge in [0.15, 0.2) is 0 Å². The van der Waals surface area contributed by atoms with Crippen LogP contribution in [-0.4, -0.2) is 47.3 Å². The zero-order valence-corrected chi connectivity index (χ0v) is 11.9. The minimum atomic E-state index is -0.490. The standard InChI is InChI=1S/C14H27N3O2/c1-11-2-6-14(19,7-3-11)10-17-8-4-12(5-9-17)16-13(15)18/h11-12,19H,2-10H2,1H3,(H3,15,16,18). The molecule has 1 aliphatic heterocycles. The highest BCUT2D eigenvalue weighted by molar-refractivity contribution is 5.71. The zero-order chi connectivity index (χ0) is 13.9. The molecule has 0 aromatic carbocycles. The van der Waals surface area contributed by atoms with Crippen LogP contribution < -0.4 is 11.1 Å². The second-order valence-electron chi connectivity index (χ2n) is 6.47. The topological polar surface area (TPSA) is 78.6 Å². The van der Waals surface area contributed by atoms with E-state index in [0.29, 0.717) is 0 Å². The van der Waals surface area contributed by atoms with Gasteiger partial charge in [0, 0.05) is 25.7 Å². The Morgan fingerprint density at radius 1 is 1.32 bits per heavy atom. The number of primary amides is 1. The van der Waals surface area contributed by atoms with E-state index in [0.717, 1.165) is 64.1 Å². The number of hydrogen-bond donors (Lipinski definition) is 3. The number of likely N-dealkylation sites (tertiary alicyclic amines) is 1. The molecule has 2 amide bonds. The Morgan fingerprint density at radius 2 is 1.89 bits per heavy atom. The largest absolute Gasteiger partial charge is 0.389 e. The van der Waals surface area contributed by atoms with Crippen LogP contribution in [0.5, 0.6) is 0 Å². The molecular weight excluding hydrogens is 242 g/mol. The summed E-state index contributed by atoms with van der Waals surface area (Å²) in [5.41, 5.74) is 4.65. The quantitative estimate of drug-likeness (QED) is 0.717. The van der Waals surface area contributed by atoms with E-state index in [1.165, 1.54) is 0 Å². The minimum Gasteiger partial charge on any atom is -0.389 e. The van der Waals surface area contributed by atoms with E-state index in [1.807, 2.05) is 0 Å². The van der Waals surface area contributed by atoms with Gasteiger partial charge >= 0.3 is 6.03 Å². The Kier molecular flexibility index (Phi) is 4.68. The summed E-state index contributed by atoms with van der Waals surface area (Å²) >= 11 is 0. The first kappa shape index (κ1) is 14.6. The van der Waals surface area contributed by atoms with Crippen LogP contribution in [-0.2, 0) is 0 Å². The molecule has 0 aromatic rings. The molecule has 2 fully saturated rings. The summed E-state index contributed by atoms with van der Waals surface area (Å²) in [4.78, 5) is 13.1. The number of rotatable bonds is 3. The molecule has 5 nitrogen and oxygen atoms in total. The summed E-state index contributed by atoms with van der Waals surface area (Å²) in [6.45, 7) is 4.91. The molecule has 4 N–H and O–H groups in total. The van der Waals surface area contributed by atoms with Crippen LogP contribution in [0, 0.1) is 5.92 Å². The lowest BCUT2D eigenvalue weighted by Gasteiger charge is -2.41. The molecule has 2 aliphatic rings. The highest BCUT2D eigenvalue weighted by atomic mass is 16.3. The normalized spacial score (nSPS) is 34.1. The van der Waals surface area contributed by atoms with Crippen molar-refractivity contribution in [2.45, 2.75) is 57.1 Å². The van der Waals surface area contributed by atoms with Gasteiger partial charge < -0.3 is 21.1 Å². The fraction of sp³-hybridized carbons (Fsp3) is 0.929. The summed E-state index contributed by atoms with van der Waals surface area (Å²) in [6.07, 6.45) is 5.97. The van der Waals surface area contributed by atoms with Gasteiger partial charge in [-0.25, -0.2) is 4.79 Å². The second-order valence-corrected chi connectivity index (χ2v) is 6.47. The number of β-amino-alcohol motifs (C(OH)–C–C–N with tert-alkyl or cyclic N) is 1. The SMILES string of the molecule is CC1CCC(O)(CN2CCC(NC(N)=O)CC2)CC1. The molecule has 110 valence electrons. The van der Waals surface area contributed by atoms with E-state index < -0.39 is 11.6 Å². The van der Waals surface area contributed by atoms with Crippen molar-refractivity contribution in [2.75, 3.05) is 19.6 Å². The fourth-order valence-corrected chi connectivity index (χ4v) is 3.31. The van der Waals surface area contributed by atoms with Crippen LogP contribution in [0.2, 0.25) is 0 Å². The molecule has 1 heterocycles. The van der Waals surface area contributed by atoms with E-state index in [-0.39, 0.29) is 6.04 Å². The van der Waals surface area contributed by atoms with Crippen molar-refractivity contribution in [2.24, 2.45) is 11.7 Å². The average Bonchev–Trinajstić information content (AvgIpc) is 2.35. The molecule has 0 bridgehead atoms. The Bertz CT molecular complexity index is 306. The molecule has 0 aromatic heterocycles. The van der Waals surface area contributed by atoms with Crippen molar-refractivity contribution in [1.82, 2.24) is 10.2 Å². The molecule has 1 saturated heterocycles. The van der Waals surface area contributed by atoms with E-state index in [1.54, 1.807) is 0 Å². The first-order chi connectivity index (χ1) is 8.97. The van der Waals surface area contributed by atoms with Gasteiger partial charge in [0.25, 0.3) is 0 Å². The number of hydrogen-bond acceptors (Lipinski definition) is 3. The molecule has 5 heteroatoms. The summed E-state index contributed by atoms with van der Waals surface area (Å²) in [6, 6.07) is -0.229. The van der Waals surface area contributed by atoms with Crippen molar-refractivity contribution in [3.63, 3.8) is 0 Å². The molecule has 1 saturated carbocycles. The Hall–Kier alpha value is -0.810. The number of piperidine rings is 1. The predicted molar refractivity (Wildman–Crippen MR) is 74.8 cm³/mol. The maximum Gasteiger partial charge on any atom is 0.312 e. The predicted octanol–water partition coefficient (Wildman–Crippen LogP) is 1.06. The average molecular weight is 269 g/mol. The van der Waals surface area contributed by atoms with Crippen LogP contribution in [0.3, 0.4) is 0 Å². The molecule has 19 heavy (non-hydrogen) atoms. The smallest absolute Gasteiger partial charge is 0.312 e. The Labute approximate surface area is 115 Å². The first-order valence-electron chi connectivity index (χ1n) is 7.47. The van der Waals surface area contributed by atoms with E-state index in [9.17, 15) is 9.90 Å². The molecule has 1 aliphatic carbocycles. The van der Waals surface area contributed by atoms with Crippen molar-refractivity contribution < 1.29 is 9.90 Å². The molecule has 0 radical (unpaired) electrons. The molecule has 0 unspecified atom stereocenters. The van der Waals surface area contributed by atoms with Crippen LogP contribution >= 0.6 is 0 Å². The Balaban J connectivity index is 1.74. The maximum atomic E-state index is 10.8.